The predicted molar refractivity (Wildman–Crippen MR) is 63.5 cm³/mol. The zero-order valence-electron chi connectivity index (χ0n) is 9.51. The fourth-order valence-electron chi connectivity index (χ4n) is 1.55. The molecule has 1 aromatic rings. The van der Waals surface area contributed by atoms with Gasteiger partial charge in [0.2, 0.25) is 0 Å². The Hall–Kier alpha value is -2.10. The summed E-state index contributed by atoms with van der Waals surface area (Å²) in [5.74, 6) is -1.95. The molecule has 0 aliphatic carbocycles. The summed E-state index contributed by atoms with van der Waals surface area (Å²) in [5.41, 5.74) is 1.52. The highest BCUT2D eigenvalue weighted by atomic mass is 16.4. The van der Waals surface area contributed by atoms with Crippen LogP contribution in [0.3, 0.4) is 0 Å². The minimum atomic E-state index is -1.02. The van der Waals surface area contributed by atoms with Gasteiger partial charge >= 0.3 is 11.9 Å². The molecule has 0 heterocycles. The van der Waals surface area contributed by atoms with Gasteiger partial charge in [-0.15, -0.1) is 0 Å². The molecule has 1 aromatic carbocycles. The van der Waals surface area contributed by atoms with Crippen LogP contribution in [0.25, 0.3) is 5.57 Å². The highest BCUT2D eigenvalue weighted by Gasteiger charge is 2.12. The molecule has 0 radical (unpaired) electrons. The first-order valence-electron chi connectivity index (χ1n) is 5.22. The van der Waals surface area contributed by atoms with E-state index >= 15 is 0 Å². The summed E-state index contributed by atoms with van der Waals surface area (Å²) >= 11 is 0. The van der Waals surface area contributed by atoms with E-state index in [0.717, 1.165) is 5.56 Å². The van der Waals surface area contributed by atoms with E-state index in [9.17, 15) is 9.59 Å². The fourth-order valence-corrected chi connectivity index (χ4v) is 1.55. The van der Waals surface area contributed by atoms with Crippen LogP contribution < -0.4 is 0 Å². The number of carboxylic acid groups (broad SMARTS) is 2. The standard InChI is InChI=1S/C13H14O4/c1-9(13(16)17)11(7-8-12(14)15)10-5-3-2-4-6-10/h2-6H,7-8H2,1H3,(H,14,15)(H,16,17). The van der Waals surface area contributed by atoms with Crippen molar-refractivity contribution in [2.45, 2.75) is 19.8 Å². The van der Waals surface area contributed by atoms with Crippen molar-refractivity contribution in [3.63, 3.8) is 0 Å². The summed E-state index contributed by atoms with van der Waals surface area (Å²) in [6.45, 7) is 1.49. The second kappa shape index (κ2) is 5.84. The maximum absolute atomic E-state index is 11.0. The third-order valence-electron chi connectivity index (χ3n) is 2.48. The quantitative estimate of drug-likeness (QED) is 0.767. The van der Waals surface area contributed by atoms with Crippen molar-refractivity contribution in [1.82, 2.24) is 0 Å². The number of carbonyl (C=O) groups is 2. The number of allylic oxidation sites excluding steroid dienone is 1. The highest BCUT2D eigenvalue weighted by Crippen LogP contribution is 2.23. The second-order valence-electron chi connectivity index (χ2n) is 3.67. The maximum atomic E-state index is 11.0. The molecule has 0 bridgehead atoms. The Bertz CT molecular complexity index is 446. The van der Waals surface area contributed by atoms with E-state index in [-0.39, 0.29) is 18.4 Å². The van der Waals surface area contributed by atoms with E-state index in [1.807, 2.05) is 6.07 Å². The summed E-state index contributed by atoms with van der Waals surface area (Å²) in [6, 6.07) is 8.98. The molecule has 0 saturated carbocycles. The van der Waals surface area contributed by atoms with Crippen molar-refractivity contribution in [2.24, 2.45) is 0 Å². The number of benzene rings is 1. The van der Waals surface area contributed by atoms with Crippen LogP contribution >= 0.6 is 0 Å². The van der Waals surface area contributed by atoms with Crippen LogP contribution in [-0.4, -0.2) is 22.2 Å². The summed E-state index contributed by atoms with van der Waals surface area (Å²) in [6.07, 6.45) is 0.145. The molecular weight excluding hydrogens is 220 g/mol. The largest absolute Gasteiger partial charge is 0.481 e. The molecule has 90 valence electrons. The first-order chi connectivity index (χ1) is 8.02. The molecule has 0 unspecified atom stereocenters. The van der Waals surface area contributed by atoms with E-state index in [2.05, 4.69) is 0 Å². The molecule has 0 amide bonds. The number of hydrogen-bond donors (Lipinski definition) is 2. The Kier molecular flexibility index (Phi) is 4.46. The maximum Gasteiger partial charge on any atom is 0.331 e. The molecule has 4 nitrogen and oxygen atoms in total. The molecule has 0 atom stereocenters. The summed E-state index contributed by atoms with van der Waals surface area (Å²) in [7, 11) is 0. The molecule has 1 rings (SSSR count). The van der Waals surface area contributed by atoms with Crippen LogP contribution in [0.4, 0.5) is 0 Å². The molecular formula is C13H14O4. The van der Waals surface area contributed by atoms with Gasteiger partial charge in [-0.1, -0.05) is 30.3 Å². The first-order valence-corrected chi connectivity index (χ1v) is 5.22. The lowest BCUT2D eigenvalue weighted by Gasteiger charge is -2.09. The second-order valence-corrected chi connectivity index (χ2v) is 3.67. The first kappa shape index (κ1) is 13.0. The van der Waals surface area contributed by atoms with Crippen LogP contribution in [0, 0.1) is 0 Å². The van der Waals surface area contributed by atoms with Gasteiger partial charge in [-0.25, -0.2) is 4.79 Å². The van der Waals surface area contributed by atoms with Crippen molar-refractivity contribution in [3.8, 4) is 0 Å². The Morgan fingerprint density at radius 3 is 2.12 bits per heavy atom. The van der Waals surface area contributed by atoms with Crippen molar-refractivity contribution in [3.05, 3.63) is 41.5 Å². The van der Waals surface area contributed by atoms with Crippen molar-refractivity contribution in [1.29, 1.82) is 0 Å². The van der Waals surface area contributed by atoms with E-state index < -0.39 is 11.9 Å². The fraction of sp³-hybridized carbons (Fsp3) is 0.231. The molecule has 2 N–H and O–H groups in total. The number of carboxylic acids is 2. The monoisotopic (exact) mass is 234 g/mol. The lowest BCUT2D eigenvalue weighted by molar-refractivity contribution is -0.137. The zero-order valence-corrected chi connectivity index (χ0v) is 9.51. The average molecular weight is 234 g/mol. The van der Waals surface area contributed by atoms with Gasteiger partial charge in [0.15, 0.2) is 0 Å². The lowest BCUT2D eigenvalue weighted by atomic mass is 9.96. The van der Waals surface area contributed by atoms with Crippen molar-refractivity contribution >= 4 is 17.5 Å². The molecule has 0 aliphatic rings. The summed E-state index contributed by atoms with van der Waals surface area (Å²) < 4.78 is 0. The molecule has 0 spiro atoms. The summed E-state index contributed by atoms with van der Waals surface area (Å²) in [4.78, 5) is 21.5. The van der Waals surface area contributed by atoms with Crippen LogP contribution in [0.5, 0.6) is 0 Å². The third-order valence-corrected chi connectivity index (χ3v) is 2.48. The van der Waals surface area contributed by atoms with Crippen molar-refractivity contribution < 1.29 is 19.8 Å². The van der Waals surface area contributed by atoms with E-state index in [0.29, 0.717) is 5.57 Å². The van der Waals surface area contributed by atoms with E-state index in [4.69, 9.17) is 10.2 Å². The van der Waals surface area contributed by atoms with Crippen LogP contribution in [0.1, 0.15) is 25.3 Å². The molecule has 4 heteroatoms. The van der Waals surface area contributed by atoms with Gasteiger partial charge in [0.25, 0.3) is 0 Å². The Balaban J connectivity index is 3.08. The van der Waals surface area contributed by atoms with Gasteiger partial charge in [-0.05, 0) is 24.5 Å². The van der Waals surface area contributed by atoms with Gasteiger partial charge in [-0.2, -0.15) is 0 Å². The Morgan fingerprint density at radius 1 is 1.06 bits per heavy atom. The van der Waals surface area contributed by atoms with Gasteiger partial charge in [0.1, 0.15) is 0 Å². The molecule has 0 aliphatic heterocycles. The normalized spacial score (nSPS) is 11.8. The highest BCUT2D eigenvalue weighted by molar-refractivity contribution is 5.96. The Labute approximate surface area is 99.2 Å². The third kappa shape index (κ3) is 3.75. The average Bonchev–Trinajstić information content (AvgIpc) is 2.30. The van der Waals surface area contributed by atoms with Gasteiger partial charge in [0.05, 0.1) is 0 Å². The van der Waals surface area contributed by atoms with E-state index in [1.54, 1.807) is 24.3 Å². The van der Waals surface area contributed by atoms with Gasteiger partial charge in [-0.3, -0.25) is 4.79 Å². The zero-order chi connectivity index (χ0) is 12.8. The summed E-state index contributed by atoms with van der Waals surface area (Å²) in [5, 5.41) is 17.6. The van der Waals surface area contributed by atoms with Crippen LogP contribution in [0.2, 0.25) is 0 Å². The molecule has 0 saturated heterocycles. The van der Waals surface area contributed by atoms with Crippen LogP contribution in [0.15, 0.2) is 35.9 Å². The van der Waals surface area contributed by atoms with Crippen molar-refractivity contribution in [2.75, 3.05) is 0 Å². The predicted octanol–water partition coefficient (Wildman–Crippen LogP) is 2.41. The number of aliphatic carboxylic acids is 2. The van der Waals surface area contributed by atoms with Gasteiger partial charge < -0.3 is 10.2 Å². The number of hydrogen-bond acceptors (Lipinski definition) is 2. The lowest BCUT2D eigenvalue weighted by Crippen LogP contribution is -2.03. The molecule has 17 heavy (non-hydrogen) atoms. The topological polar surface area (TPSA) is 74.6 Å². The smallest absolute Gasteiger partial charge is 0.331 e. The SMILES string of the molecule is CC(C(=O)O)=C(CCC(=O)O)c1ccccc1. The Morgan fingerprint density at radius 2 is 1.65 bits per heavy atom. The van der Waals surface area contributed by atoms with E-state index in [1.165, 1.54) is 6.92 Å². The minimum Gasteiger partial charge on any atom is -0.481 e. The molecule has 0 aromatic heterocycles. The van der Waals surface area contributed by atoms with Crippen LogP contribution in [-0.2, 0) is 9.59 Å². The molecule has 0 fully saturated rings. The minimum absolute atomic E-state index is 0.0746. The number of rotatable bonds is 5. The van der Waals surface area contributed by atoms with Gasteiger partial charge in [0, 0.05) is 12.0 Å².